The van der Waals surface area contributed by atoms with Gasteiger partial charge in [0.1, 0.15) is 37.1 Å². The van der Waals surface area contributed by atoms with Crippen LogP contribution in [-0.2, 0) is 13.2 Å². The van der Waals surface area contributed by atoms with E-state index >= 15 is 0 Å². The Bertz CT molecular complexity index is 1140. The Labute approximate surface area is 188 Å². The van der Waals surface area contributed by atoms with Gasteiger partial charge in [-0.1, -0.05) is 72.8 Å². The van der Waals surface area contributed by atoms with Gasteiger partial charge in [-0.3, -0.25) is 0 Å². The second-order valence-corrected chi connectivity index (χ2v) is 7.78. The van der Waals surface area contributed by atoms with Crippen molar-refractivity contribution < 1.29 is 14.2 Å². The fourth-order valence-electron chi connectivity index (χ4n) is 3.69. The maximum Gasteiger partial charge on any atom is 0.146 e. The Kier molecular flexibility index (Phi) is 5.93. The molecule has 160 valence electrons. The van der Waals surface area contributed by atoms with E-state index in [1.165, 1.54) is 0 Å². The van der Waals surface area contributed by atoms with E-state index in [2.05, 4.69) is 41.7 Å². The van der Waals surface area contributed by atoms with Crippen LogP contribution in [0.2, 0.25) is 0 Å². The molecule has 5 rings (SSSR count). The number of anilines is 1. The van der Waals surface area contributed by atoms with Gasteiger partial charge in [-0.25, -0.2) is 0 Å². The quantitative estimate of drug-likeness (QED) is 0.374. The normalized spacial score (nSPS) is 14.6. The third-order valence-electron chi connectivity index (χ3n) is 5.47. The van der Waals surface area contributed by atoms with E-state index in [1.54, 1.807) is 0 Å². The van der Waals surface area contributed by atoms with Gasteiger partial charge >= 0.3 is 0 Å². The molecule has 0 spiro atoms. The maximum absolute atomic E-state index is 6.05. The van der Waals surface area contributed by atoms with Crippen LogP contribution in [0.5, 0.6) is 17.2 Å². The zero-order chi connectivity index (χ0) is 21.6. The number of fused-ring (bicyclic) bond motifs is 1. The molecule has 1 N–H and O–H groups in total. The van der Waals surface area contributed by atoms with Crippen LogP contribution >= 0.6 is 0 Å². The van der Waals surface area contributed by atoms with Crippen molar-refractivity contribution in [1.82, 2.24) is 0 Å². The molecule has 0 unspecified atom stereocenters. The third kappa shape index (κ3) is 4.86. The second kappa shape index (κ2) is 9.48. The van der Waals surface area contributed by atoms with Crippen LogP contribution in [-0.4, -0.2) is 6.61 Å². The first-order valence-corrected chi connectivity index (χ1v) is 10.8. The van der Waals surface area contributed by atoms with Gasteiger partial charge in [0.05, 0.1) is 11.7 Å². The molecule has 0 bridgehead atoms. The van der Waals surface area contributed by atoms with E-state index in [0.717, 1.165) is 39.6 Å². The molecule has 1 heterocycles. The summed E-state index contributed by atoms with van der Waals surface area (Å²) in [6, 6.07) is 34.5. The van der Waals surface area contributed by atoms with Gasteiger partial charge < -0.3 is 19.5 Å². The van der Waals surface area contributed by atoms with Gasteiger partial charge in [0.15, 0.2) is 0 Å². The largest absolute Gasteiger partial charge is 0.489 e. The number of rotatable bonds is 7. The lowest BCUT2D eigenvalue weighted by molar-refractivity contribution is 0.277. The lowest BCUT2D eigenvalue weighted by atomic mass is 10.1. The smallest absolute Gasteiger partial charge is 0.146 e. The number of nitrogens with one attached hydrogen (secondary N) is 1. The molecule has 0 aromatic heterocycles. The third-order valence-corrected chi connectivity index (χ3v) is 5.47. The van der Waals surface area contributed by atoms with Crippen LogP contribution in [0, 0.1) is 0 Å². The summed E-state index contributed by atoms with van der Waals surface area (Å²) in [6.45, 7) is 1.65. The average Bonchev–Trinajstić information content (AvgIpc) is 2.87. The van der Waals surface area contributed by atoms with E-state index < -0.39 is 0 Å². The molecule has 4 aromatic carbocycles. The first-order valence-electron chi connectivity index (χ1n) is 10.8. The number of benzene rings is 4. The molecule has 4 heteroatoms. The Morgan fingerprint density at radius 2 is 1.28 bits per heavy atom. The molecule has 32 heavy (non-hydrogen) atoms. The van der Waals surface area contributed by atoms with Crippen molar-refractivity contribution in [1.29, 1.82) is 0 Å². The SMILES string of the molecule is c1ccc(COc2ccc([C@@H]3COc4cc(OCc5ccccc5)ccc4N3)cc2)cc1. The molecular weight excluding hydrogens is 398 g/mol. The predicted molar refractivity (Wildman–Crippen MR) is 126 cm³/mol. The molecule has 1 atom stereocenters. The number of hydrogen-bond donors (Lipinski definition) is 1. The van der Waals surface area contributed by atoms with E-state index in [9.17, 15) is 0 Å². The summed E-state index contributed by atoms with van der Waals surface area (Å²) in [6.07, 6.45) is 0. The summed E-state index contributed by atoms with van der Waals surface area (Å²) < 4.78 is 17.9. The Morgan fingerprint density at radius 1 is 0.688 bits per heavy atom. The van der Waals surface area contributed by atoms with Gasteiger partial charge in [-0.15, -0.1) is 0 Å². The minimum absolute atomic E-state index is 0.0850. The van der Waals surface area contributed by atoms with Crippen molar-refractivity contribution in [2.45, 2.75) is 19.3 Å². The van der Waals surface area contributed by atoms with Crippen molar-refractivity contribution in [2.75, 3.05) is 11.9 Å². The van der Waals surface area contributed by atoms with Crippen LogP contribution in [0.3, 0.4) is 0 Å². The number of hydrogen-bond acceptors (Lipinski definition) is 4. The van der Waals surface area contributed by atoms with Crippen LogP contribution < -0.4 is 19.5 Å². The Balaban J connectivity index is 1.18. The summed E-state index contributed by atoms with van der Waals surface area (Å²) in [5.74, 6) is 2.47. The zero-order valence-electron chi connectivity index (χ0n) is 17.7. The van der Waals surface area contributed by atoms with Crippen LogP contribution in [0.25, 0.3) is 0 Å². The highest BCUT2D eigenvalue weighted by molar-refractivity contribution is 5.61. The van der Waals surface area contributed by atoms with Gasteiger partial charge in [0.2, 0.25) is 0 Å². The van der Waals surface area contributed by atoms with Crippen molar-refractivity contribution in [3.8, 4) is 17.2 Å². The molecule has 1 aliphatic rings. The van der Waals surface area contributed by atoms with Gasteiger partial charge in [-0.2, -0.15) is 0 Å². The summed E-state index contributed by atoms with van der Waals surface area (Å²) in [5, 5.41) is 3.57. The Morgan fingerprint density at radius 3 is 1.94 bits per heavy atom. The minimum atomic E-state index is 0.0850. The molecule has 4 aromatic rings. The predicted octanol–water partition coefficient (Wildman–Crippen LogP) is 6.39. The molecule has 0 saturated carbocycles. The summed E-state index contributed by atoms with van der Waals surface area (Å²) in [5.41, 5.74) is 4.42. The van der Waals surface area contributed by atoms with Crippen molar-refractivity contribution in [3.05, 3.63) is 120 Å². The van der Waals surface area contributed by atoms with Crippen molar-refractivity contribution >= 4 is 5.69 Å². The number of ether oxygens (including phenoxy) is 3. The average molecular weight is 424 g/mol. The molecule has 0 fully saturated rings. The lowest BCUT2D eigenvalue weighted by Gasteiger charge is -2.28. The van der Waals surface area contributed by atoms with E-state index in [0.29, 0.717) is 19.8 Å². The molecule has 0 amide bonds. The van der Waals surface area contributed by atoms with E-state index in [1.807, 2.05) is 66.7 Å². The first kappa shape index (κ1) is 20.0. The molecule has 0 saturated heterocycles. The fourth-order valence-corrected chi connectivity index (χ4v) is 3.69. The van der Waals surface area contributed by atoms with Crippen LogP contribution in [0.1, 0.15) is 22.7 Å². The van der Waals surface area contributed by atoms with Gasteiger partial charge in [0, 0.05) is 6.07 Å². The molecule has 0 radical (unpaired) electrons. The van der Waals surface area contributed by atoms with E-state index in [4.69, 9.17) is 14.2 Å². The highest BCUT2D eigenvalue weighted by Gasteiger charge is 2.21. The standard InChI is InChI=1S/C28H25NO3/c1-3-7-21(8-4-1)18-30-24-13-11-23(12-14-24)27-20-32-28-17-25(15-16-26(28)29-27)31-19-22-9-5-2-6-10-22/h1-17,27,29H,18-20H2/t27-/m0/s1. The molecule has 0 aliphatic carbocycles. The van der Waals surface area contributed by atoms with Gasteiger partial charge in [-0.05, 0) is 41.0 Å². The molecule has 4 nitrogen and oxygen atoms in total. The topological polar surface area (TPSA) is 39.7 Å². The van der Waals surface area contributed by atoms with Crippen LogP contribution in [0.15, 0.2) is 103 Å². The monoisotopic (exact) mass is 423 g/mol. The fraction of sp³-hybridized carbons (Fsp3) is 0.143. The second-order valence-electron chi connectivity index (χ2n) is 7.78. The molecule has 1 aliphatic heterocycles. The highest BCUT2D eigenvalue weighted by atomic mass is 16.5. The maximum atomic E-state index is 6.05. The first-order chi connectivity index (χ1) is 15.8. The summed E-state index contributed by atoms with van der Waals surface area (Å²) in [7, 11) is 0. The lowest BCUT2D eigenvalue weighted by Crippen LogP contribution is -2.23. The van der Waals surface area contributed by atoms with Crippen molar-refractivity contribution in [2.24, 2.45) is 0 Å². The zero-order valence-corrected chi connectivity index (χ0v) is 17.7. The van der Waals surface area contributed by atoms with Crippen molar-refractivity contribution in [3.63, 3.8) is 0 Å². The van der Waals surface area contributed by atoms with Crippen LogP contribution in [0.4, 0.5) is 5.69 Å². The van der Waals surface area contributed by atoms with E-state index in [-0.39, 0.29) is 6.04 Å². The molecular formula is C28H25NO3. The minimum Gasteiger partial charge on any atom is -0.489 e. The summed E-state index contributed by atoms with van der Waals surface area (Å²) in [4.78, 5) is 0. The summed E-state index contributed by atoms with van der Waals surface area (Å²) >= 11 is 0. The highest BCUT2D eigenvalue weighted by Crippen LogP contribution is 2.37. The van der Waals surface area contributed by atoms with Gasteiger partial charge in [0.25, 0.3) is 0 Å². The Hall–Kier alpha value is -3.92.